The van der Waals surface area contributed by atoms with Gasteiger partial charge in [0, 0.05) is 0 Å². The van der Waals surface area contributed by atoms with E-state index >= 15 is 0 Å². The first kappa shape index (κ1) is 28.7. The summed E-state index contributed by atoms with van der Waals surface area (Å²) in [6, 6.07) is 17.3. The summed E-state index contributed by atoms with van der Waals surface area (Å²) >= 11 is -3.87. The molecule has 5 heteroatoms. The van der Waals surface area contributed by atoms with Gasteiger partial charge in [0.05, 0.1) is 0 Å². The minimum atomic E-state index is -3.87. The quantitative estimate of drug-likeness (QED) is 0.276. The van der Waals surface area contributed by atoms with Crippen molar-refractivity contribution in [2.45, 2.75) is 62.4 Å². The van der Waals surface area contributed by atoms with E-state index in [4.69, 9.17) is 26.5 Å². The number of allylic oxidation sites excluding steroid dienone is 2. The first-order chi connectivity index (χ1) is 18.3. The molecule has 3 aromatic rings. The van der Waals surface area contributed by atoms with Crippen LogP contribution < -0.4 is 9.47 Å². The van der Waals surface area contributed by atoms with E-state index in [1.807, 2.05) is 0 Å². The van der Waals surface area contributed by atoms with Crippen molar-refractivity contribution in [3.8, 4) is 22.6 Å². The first-order valence-corrected chi connectivity index (χ1v) is 22.5. The number of fused-ring (bicyclic) bond motifs is 2. The van der Waals surface area contributed by atoms with E-state index < -0.39 is 17.9 Å². The second kappa shape index (κ2) is 10.2. The van der Waals surface area contributed by atoms with Crippen molar-refractivity contribution in [1.29, 1.82) is 0 Å². The average molecular weight is 641 g/mol. The van der Waals surface area contributed by atoms with Crippen LogP contribution in [-0.2, 0) is 35.1 Å². The first-order valence-electron chi connectivity index (χ1n) is 13.6. The van der Waals surface area contributed by atoms with Crippen LogP contribution in [0, 0.1) is 0 Å². The summed E-state index contributed by atoms with van der Waals surface area (Å²) in [4.78, 5) is 0. The molecule has 5 rings (SSSR count). The zero-order chi connectivity index (χ0) is 28.3. The van der Waals surface area contributed by atoms with Gasteiger partial charge < -0.3 is 0 Å². The molecule has 3 aromatic carbocycles. The fourth-order valence-corrected chi connectivity index (χ4v) is 14.9. The van der Waals surface area contributed by atoms with Gasteiger partial charge in [-0.25, -0.2) is 0 Å². The van der Waals surface area contributed by atoms with Crippen LogP contribution in [0.4, 0.5) is 0 Å². The average Bonchev–Trinajstić information content (AvgIpc) is 3.52. The number of halogens is 2. The Labute approximate surface area is 245 Å². The number of benzene rings is 3. The molecule has 0 radical (unpaired) electrons. The molecular formula is C34H38Cl2O2Zr. The SMILES string of the molecule is COc1ccc(-c2cc(C(C)(C)C)c(OC)c(C(C)(C)C)c2)c2c1[CH]([Zr]([Cl])([Cl])[C]1=Cc3ccccc3C1)C=C2. The third-order valence-electron chi connectivity index (χ3n) is 8.04. The van der Waals surface area contributed by atoms with Crippen LogP contribution in [0.2, 0.25) is 0 Å². The second-order valence-electron chi connectivity index (χ2n) is 12.8. The van der Waals surface area contributed by atoms with E-state index in [1.165, 1.54) is 36.7 Å². The van der Waals surface area contributed by atoms with Crippen LogP contribution in [0.3, 0.4) is 0 Å². The van der Waals surface area contributed by atoms with Gasteiger partial charge in [-0.15, -0.1) is 0 Å². The fraction of sp³-hybridized carbons (Fsp3) is 0.353. The number of methoxy groups -OCH3 is 2. The maximum absolute atomic E-state index is 7.49. The van der Waals surface area contributed by atoms with Gasteiger partial charge in [-0.2, -0.15) is 0 Å². The summed E-state index contributed by atoms with van der Waals surface area (Å²) < 4.78 is 13.1. The molecule has 0 heterocycles. The van der Waals surface area contributed by atoms with Crippen LogP contribution >= 0.6 is 17.0 Å². The number of hydrogen-bond acceptors (Lipinski definition) is 2. The predicted molar refractivity (Wildman–Crippen MR) is 164 cm³/mol. The summed E-state index contributed by atoms with van der Waals surface area (Å²) in [6.07, 6.45) is 7.52. The van der Waals surface area contributed by atoms with Crippen LogP contribution in [0.15, 0.2) is 57.9 Å². The molecule has 0 spiro atoms. The zero-order valence-corrected chi connectivity index (χ0v) is 28.2. The van der Waals surface area contributed by atoms with E-state index in [-0.39, 0.29) is 14.5 Å². The van der Waals surface area contributed by atoms with E-state index in [0.717, 1.165) is 29.0 Å². The molecule has 0 saturated heterocycles. The molecule has 2 aliphatic carbocycles. The van der Waals surface area contributed by atoms with Gasteiger partial charge in [-0.3, -0.25) is 0 Å². The zero-order valence-electron chi connectivity index (χ0n) is 24.2. The Morgan fingerprint density at radius 3 is 2.05 bits per heavy atom. The number of rotatable bonds is 5. The fourth-order valence-electron chi connectivity index (χ4n) is 5.95. The van der Waals surface area contributed by atoms with Crippen LogP contribution in [0.25, 0.3) is 23.3 Å². The second-order valence-corrected chi connectivity index (χ2v) is 27.1. The minimum absolute atomic E-state index is 0.0319. The van der Waals surface area contributed by atoms with Crippen LogP contribution in [0.1, 0.15) is 78.5 Å². The molecule has 0 bridgehead atoms. The van der Waals surface area contributed by atoms with Gasteiger partial charge in [-0.1, -0.05) is 0 Å². The third kappa shape index (κ3) is 5.09. The van der Waals surface area contributed by atoms with Crippen molar-refractivity contribution in [1.82, 2.24) is 0 Å². The normalized spacial score (nSPS) is 16.7. The molecule has 0 aromatic heterocycles. The molecule has 0 saturated carbocycles. The Balaban J connectivity index is 1.67. The Kier molecular flexibility index (Phi) is 7.54. The predicted octanol–water partition coefficient (Wildman–Crippen LogP) is 10.1. The van der Waals surface area contributed by atoms with Crippen molar-refractivity contribution in [3.05, 3.63) is 91.3 Å². The third-order valence-corrected chi connectivity index (χ3v) is 19.7. The van der Waals surface area contributed by atoms with Gasteiger partial charge in [0.25, 0.3) is 0 Å². The number of ether oxygens (including phenoxy) is 2. The molecule has 204 valence electrons. The van der Waals surface area contributed by atoms with Crippen LogP contribution in [-0.4, -0.2) is 14.2 Å². The van der Waals surface area contributed by atoms with Crippen molar-refractivity contribution < 1.29 is 27.4 Å². The Morgan fingerprint density at radius 1 is 0.846 bits per heavy atom. The van der Waals surface area contributed by atoms with Gasteiger partial charge in [0.2, 0.25) is 0 Å². The molecule has 0 N–H and O–H groups in total. The Morgan fingerprint density at radius 2 is 1.49 bits per heavy atom. The maximum atomic E-state index is 7.49. The number of hydrogen-bond donors (Lipinski definition) is 0. The van der Waals surface area contributed by atoms with Crippen molar-refractivity contribution in [2.75, 3.05) is 14.2 Å². The van der Waals surface area contributed by atoms with E-state index in [0.29, 0.717) is 0 Å². The Bertz CT molecular complexity index is 1470. The van der Waals surface area contributed by atoms with Crippen LogP contribution in [0.5, 0.6) is 11.5 Å². The molecule has 39 heavy (non-hydrogen) atoms. The van der Waals surface area contributed by atoms with Gasteiger partial charge >= 0.3 is 247 Å². The monoisotopic (exact) mass is 638 g/mol. The molecule has 0 aliphatic heterocycles. The standard InChI is InChI=1S/C25H31O2.C9H7.2ClH.Zr/c1-24(2,3)20-14-16(15-21(23(20)27-8)25(4,5)6)17-12-13-22(26-7)19-11-9-10-18(17)19;1-2-5-9-7-3-6-8(9)4-1;;;/h9-15H,1-8H3;1-2,4-6H,7H2;2*1H;/q;;;;+2/p-2. The molecule has 0 fully saturated rings. The topological polar surface area (TPSA) is 18.5 Å². The van der Waals surface area contributed by atoms with Crippen molar-refractivity contribution in [3.63, 3.8) is 0 Å². The van der Waals surface area contributed by atoms with E-state index in [1.54, 1.807) is 14.2 Å². The Hall–Kier alpha value is -1.80. The molecule has 1 unspecified atom stereocenters. The summed E-state index contributed by atoms with van der Waals surface area (Å²) in [5.41, 5.74) is 9.39. The summed E-state index contributed by atoms with van der Waals surface area (Å²) in [7, 11) is 18.5. The summed E-state index contributed by atoms with van der Waals surface area (Å²) in [6.45, 7) is 13.5. The molecule has 2 nitrogen and oxygen atoms in total. The summed E-state index contributed by atoms with van der Waals surface area (Å²) in [5, 5.41) is 0. The molecule has 2 aliphatic rings. The van der Waals surface area contributed by atoms with E-state index in [2.05, 4.69) is 108 Å². The van der Waals surface area contributed by atoms with Crippen molar-refractivity contribution >= 4 is 29.2 Å². The van der Waals surface area contributed by atoms with Crippen molar-refractivity contribution in [2.24, 2.45) is 0 Å². The summed E-state index contributed by atoms with van der Waals surface area (Å²) in [5.74, 6) is 1.82. The van der Waals surface area contributed by atoms with Gasteiger partial charge in [-0.05, 0) is 0 Å². The molecule has 1 atom stereocenters. The molecular weight excluding hydrogens is 603 g/mol. The molecule has 0 amide bonds. The van der Waals surface area contributed by atoms with Gasteiger partial charge in [0.15, 0.2) is 0 Å². The van der Waals surface area contributed by atoms with E-state index in [9.17, 15) is 0 Å². The van der Waals surface area contributed by atoms with Gasteiger partial charge in [0.1, 0.15) is 0 Å².